The smallest absolute Gasteiger partial charge is 0.282 e. The van der Waals surface area contributed by atoms with E-state index in [0.29, 0.717) is 46.0 Å². The molecule has 9 nitrogen and oxygen atoms in total. The van der Waals surface area contributed by atoms with Gasteiger partial charge in [-0.3, -0.25) is 14.9 Å². The first-order valence-corrected chi connectivity index (χ1v) is 14.6. The Labute approximate surface area is 250 Å². The summed E-state index contributed by atoms with van der Waals surface area (Å²) in [6.07, 6.45) is 6.85. The Kier molecular flexibility index (Phi) is 8.99. The second-order valence-corrected chi connectivity index (χ2v) is 11.1. The Morgan fingerprint density at radius 2 is 1.95 bits per heavy atom. The number of hydrogen-bond acceptors (Lipinski definition) is 7. The summed E-state index contributed by atoms with van der Waals surface area (Å²) in [6.45, 7) is 2.26. The molecule has 0 unspecified atom stereocenters. The van der Waals surface area contributed by atoms with Crippen molar-refractivity contribution in [1.82, 2.24) is 9.66 Å². The number of rotatable bonds is 9. The van der Waals surface area contributed by atoms with Crippen LogP contribution < -0.4 is 15.0 Å². The van der Waals surface area contributed by atoms with Crippen LogP contribution in [0.2, 0.25) is 5.02 Å². The summed E-state index contributed by atoms with van der Waals surface area (Å²) < 4.78 is 14.0. The SMILES string of the molecule is CCOc1cc(C=Nn2c(C3CCCCC3)nc3ccc(Br)cc3c2=O)cc(Cl)c1OCc1cccc([N+](=O)[O-])c1. The van der Waals surface area contributed by atoms with E-state index in [0.717, 1.165) is 30.2 Å². The maximum Gasteiger partial charge on any atom is 0.282 e. The molecule has 0 spiro atoms. The summed E-state index contributed by atoms with van der Waals surface area (Å²) in [5, 5.41) is 16.5. The average Bonchev–Trinajstić information content (AvgIpc) is 2.97. The first-order chi connectivity index (χ1) is 19.8. The molecule has 0 atom stereocenters. The van der Waals surface area contributed by atoms with Crippen LogP contribution in [0.3, 0.4) is 0 Å². The second kappa shape index (κ2) is 12.8. The van der Waals surface area contributed by atoms with Crippen LogP contribution in [0, 0.1) is 10.1 Å². The topological polar surface area (TPSA) is 109 Å². The molecule has 1 fully saturated rings. The molecule has 5 rings (SSSR count). The van der Waals surface area contributed by atoms with Crippen molar-refractivity contribution in [1.29, 1.82) is 0 Å². The monoisotopic (exact) mass is 638 g/mol. The normalized spacial score (nSPS) is 14.0. The number of nitrogens with zero attached hydrogens (tertiary/aromatic N) is 4. The van der Waals surface area contributed by atoms with Gasteiger partial charge in [-0.1, -0.05) is 58.9 Å². The molecule has 0 amide bonds. The maximum atomic E-state index is 13.6. The molecule has 0 bridgehead atoms. The van der Waals surface area contributed by atoms with Gasteiger partial charge in [0.15, 0.2) is 11.5 Å². The highest BCUT2D eigenvalue weighted by molar-refractivity contribution is 9.10. The number of halogens is 2. The molecule has 1 aliphatic rings. The second-order valence-electron chi connectivity index (χ2n) is 9.81. The molecule has 4 aromatic rings. The van der Waals surface area contributed by atoms with Gasteiger partial charge in [0.25, 0.3) is 11.2 Å². The van der Waals surface area contributed by atoms with Crippen molar-refractivity contribution in [3.05, 3.63) is 102 Å². The third-order valence-electron chi connectivity index (χ3n) is 6.96. The molecule has 41 heavy (non-hydrogen) atoms. The van der Waals surface area contributed by atoms with Gasteiger partial charge in [0.2, 0.25) is 0 Å². The average molecular weight is 640 g/mol. The fraction of sp³-hybridized carbons (Fsp3) is 0.300. The van der Waals surface area contributed by atoms with E-state index in [9.17, 15) is 14.9 Å². The van der Waals surface area contributed by atoms with Crippen LogP contribution in [0.25, 0.3) is 10.9 Å². The van der Waals surface area contributed by atoms with E-state index in [1.807, 2.05) is 19.1 Å². The number of ether oxygens (including phenoxy) is 2. The van der Waals surface area contributed by atoms with Crippen molar-refractivity contribution in [3.8, 4) is 11.5 Å². The van der Waals surface area contributed by atoms with Gasteiger partial charge < -0.3 is 9.47 Å². The number of nitro groups is 1. The summed E-state index contributed by atoms with van der Waals surface area (Å²) in [5.41, 5.74) is 1.62. The minimum Gasteiger partial charge on any atom is -0.490 e. The van der Waals surface area contributed by atoms with Crippen LogP contribution in [0.15, 0.2) is 69.0 Å². The summed E-state index contributed by atoms with van der Waals surface area (Å²) in [4.78, 5) is 29.2. The van der Waals surface area contributed by atoms with E-state index in [-0.39, 0.29) is 28.8 Å². The molecule has 212 valence electrons. The molecule has 0 saturated heterocycles. The minimum atomic E-state index is -0.453. The molecule has 1 saturated carbocycles. The number of aromatic nitrogens is 2. The molecule has 1 heterocycles. The van der Waals surface area contributed by atoms with Crippen molar-refractivity contribution in [2.24, 2.45) is 5.10 Å². The molecule has 1 aromatic heterocycles. The van der Waals surface area contributed by atoms with Gasteiger partial charge in [-0.15, -0.1) is 0 Å². The number of nitro benzene ring substituents is 1. The van der Waals surface area contributed by atoms with E-state index >= 15 is 0 Å². The minimum absolute atomic E-state index is 0.0211. The predicted molar refractivity (Wildman–Crippen MR) is 163 cm³/mol. The lowest BCUT2D eigenvalue weighted by atomic mass is 9.88. The van der Waals surface area contributed by atoms with E-state index in [1.54, 1.807) is 36.5 Å². The van der Waals surface area contributed by atoms with Crippen LogP contribution in [0.4, 0.5) is 5.69 Å². The van der Waals surface area contributed by atoms with Gasteiger partial charge in [-0.2, -0.15) is 9.78 Å². The van der Waals surface area contributed by atoms with Crippen molar-refractivity contribution in [3.63, 3.8) is 0 Å². The lowest BCUT2D eigenvalue weighted by Gasteiger charge is -2.22. The highest BCUT2D eigenvalue weighted by Crippen LogP contribution is 2.37. The van der Waals surface area contributed by atoms with Gasteiger partial charge in [-0.05, 0) is 61.2 Å². The lowest BCUT2D eigenvalue weighted by molar-refractivity contribution is -0.384. The summed E-state index contributed by atoms with van der Waals surface area (Å²) >= 11 is 10.1. The number of benzene rings is 3. The van der Waals surface area contributed by atoms with Crippen LogP contribution in [0.1, 0.15) is 61.9 Å². The van der Waals surface area contributed by atoms with Crippen LogP contribution in [0.5, 0.6) is 11.5 Å². The van der Waals surface area contributed by atoms with Crippen LogP contribution in [-0.4, -0.2) is 27.4 Å². The van der Waals surface area contributed by atoms with Crippen molar-refractivity contribution in [2.75, 3.05) is 6.61 Å². The fourth-order valence-electron chi connectivity index (χ4n) is 5.01. The summed E-state index contributed by atoms with van der Waals surface area (Å²) in [6, 6.07) is 15.1. The quantitative estimate of drug-likeness (QED) is 0.106. The largest absolute Gasteiger partial charge is 0.490 e. The molecule has 11 heteroatoms. The van der Waals surface area contributed by atoms with E-state index in [4.69, 9.17) is 26.1 Å². The van der Waals surface area contributed by atoms with Crippen molar-refractivity contribution in [2.45, 2.75) is 51.6 Å². The van der Waals surface area contributed by atoms with Gasteiger partial charge in [0.05, 0.1) is 33.7 Å². The Hall–Kier alpha value is -3.76. The summed E-state index contributed by atoms with van der Waals surface area (Å²) in [5.74, 6) is 1.52. The number of hydrogen-bond donors (Lipinski definition) is 0. The molecular formula is C30H28BrClN4O5. The Bertz CT molecular complexity index is 1680. The third kappa shape index (κ3) is 6.60. The third-order valence-corrected chi connectivity index (χ3v) is 7.74. The van der Waals surface area contributed by atoms with Crippen LogP contribution in [-0.2, 0) is 6.61 Å². The zero-order chi connectivity index (χ0) is 28.9. The van der Waals surface area contributed by atoms with E-state index in [1.165, 1.54) is 23.2 Å². The van der Waals surface area contributed by atoms with E-state index < -0.39 is 4.92 Å². The lowest BCUT2D eigenvalue weighted by Crippen LogP contribution is -2.25. The highest BCUT2D eigenvalue weighted by atomic mass is 79.9. The standard InChI is InChI=1S/C30H28BrClN4O5/c1-2-40-27-15-20(14-25(32)28(27)41-18-19-7-6-10-23(13-19)36(38)39)17-33-35-29(21-8-4-3-5-9-21)34-26-12-11-22(31)16-24(26)30(35)37/h6-7,10-17,21H,2-5,8-9,18H2,1H3. The molecular weight excluding hydrogens is 612 g/mol. The Morgan fingerprint density at radius 3 is 2.71 bits per heavy atom. The Balaban J connectivity index is 1.49. The van der Waals surface area contributed by atoms with Gasteiger partial charge in [0.1, 0.15) is 12.4 Å². The van der Waals surface area contributed by atoms with Gasteiger partial charge in [0, 0.05) is 22.5 Å². The molecule has 0 aliphatic heterocycles. The molecule has 3 aromatic carbocycles. The van der Waals surface area contributed by atoms with Crippen molar-refractivity contribution < 1.29 is 14.4 Å². The predicted octanol–water partition coefficient (Wildman–Crippen LogP) is 7.63. The summed E-state index contributed by atoms with van der Waals surface area (Å²) in [7, 11) is 0. The van der Waals surface area contributed by atoms with E-state index in [2.05, 4.69) is 21.0 Å². The van der Waals surface area contributed by atoms with Crippen LogP contribution >= 0.6 is 27.5 Å². The zero-order valence-electron chi connectivity index (χ0n) is 22.4. The van der Waals surface area contributed by atoms with Gasteiger partial charge in [-0.25, -0.2) is 4.98 Å². The number of non-ortho nitro benzene ring substituents is 1. The van der Waals surface area contributed by atoms with Crippen molar-refractivity contribution >= 4 is 50.3 Å². The molecule has 1 aliphatic carbocycles. The first kappa shape index (κ1) is 28.8. The molecule has 0 radical (unpaired) electrons. The maximum absolute atomic E-state index is 13.6. The fourth-order valence-corrected chi connectivity index (χ4v) is 5.64. The highest BCUT2D eigenvalue weighted by Gasteiger charge is 2.23. The first-order valence-electron chi connectivity index (χ1n) is 13.4. The zero-order valence-corrected chi connectivity index (χ0v) is 24.7. The molecule has 0 N–H and O–H groups in total. The van der Waals surface area contributed by atoms with Gasteiger partial charge >= 0.3 is 0 Å². The number of fused-ring (bicyclic) bond motifs is 1. The Morgan fingerprint density at radius 1 is 1.15 bits per heavy atom.